The molecule has 2 unspecified atom stereocenters. The van der Waals surface area contributed by atoms with Crippen LogP contribution in [0.3, 0.4) is 0 Å². The fourth-order valence-corrected chi connectivity index (χ4v) is 2.04. The van der Waals surface area contributed by atoms with Crippen LogP contribution in [0.15, 0.2) is 20.0 Å². The number of thioether (sulfide) groups is 1. The van der Waals surface area contributed by atoms with E-state index in [0.717, 1.165) is 5.75 Å². The zero-order valence-corrected chi connectivity index (χ0v) is 10.6. The van der Waals surface area contributed by atoms with Gasteiger partial charge in [0.15, 0.2) is 11.9 Å². The van der Waals surface area contributed by atoms with Crippen LogP contribution >= 0.6 is 11.8 Å². The minimum atomic E-state index is -0.939. The highest BCUT2D eigenvalue weighted by atomic mass is 32.2. The average molecular weight is 267 g/mol. The lowest BCUT2D eigenvalue weighted by Gasteiger charge is -2.16. The first-order chi connectivity index (χ1) is 8.72. The highest BCUT2D eigenvalue weighted by molar-refractivity contribution is 7.98. The molecule has 0 bridgehead atoms. The molecule has 0 saturated carbocycles. The van der Waals surface area contributed by atoms with E-state index in [2.05, 4.69) is 25.3 Å². The lowest BCUT2D eigenvalue weighted by molar-refractivity contribution is -0.138. The van der Waals surface area contributed by atoms with Gasteiger partial charge < -0.3 is 10.4 Å². The number of fused-ring (bicyclic) bond motifs is 1. The predicted octanol–water partition coefficient (Wildman–Crippen LogP) is 0.0317. The zero-order valence-electron chi connectivity index (χ0n) is 9.78. The Labute approximate surface area is 108 Å². The fourth-order valence-electron chi connectivity index (χ4n) is 1.58. The Kier molecular flexibility index (Phi) is 4.08. The van der Waals surface area contributed by atoms with Gasteiger partial charge in [-0.25, -0.2) is 14.8 Å². The Morgan fingerprint density at radius 2 is 2.56 bits per heavy atom. The van der Waals surface area contributed by atoms with Gasteiger partial charge in [-0.15, -0.1) is 0 Å². The number of hydrogen-bond donors (Lipinski definition) is 2. The first kappa shape index (κ1) is 12.7. The number of nitrogens with one attached hydrogen (secondary N) is 1. The van der Waals surface area contributed by atoms with Gasteiger partial charge in [-0.3, -0.25) is 9.98 Å². The molecule has 7 nitrogen and oxygen atoms in total. The van der Waals surface area contributed by atoms with Crippen LogP contribution in [-0.2, 0) is 4.79 Å². The van der Waals surface area contributed by atoms with Gasteiger partial charge in [0.1, 0.15) is 18.2 Å². The molecular formula is C10H13N5O2S. The second kappa shape index (κ2) is 5.76. The highest BCUT2D eigenvalue weighted by Gasteiger charge is 2.28. The van der Waals surface area contributed by atoms with Crippen LogP contribution < -0.4 is 5.32 Å². The Morgan fingerprint density at radius 1 is 1.72 bits per heavy atom. The van der Waals surface area contributed by atoms with Crippen molar-refractivity contribution >= 4 is 42.1 Å². The first-order valence-corrected chi connectivity index (χ1v) is 6.79. The van der Waals surface area contributed by atoms with E-state index in [1.54, 1.807) is 11.8 Å². The molecule has 0 aromatic carbocycles. The molecule has 0 aromatic heterocycles. The summed E-state index contributed by atoms with van der Waals surface area (Å²) in [5.41, 5.74) is 0. The van der Waals surface area contributed by atoms with Crippen molar-refractivity contribution in [2.75, 3.05) is 12.0 Å². The Bertz CT molecular complexity index is 457. The maximum absolute atomic E-state index is 11.1. The maximum atomic E-state index is 11.1. The van der Waals surface area contributed by atoms with E-state index in [-0.39, 0.29) is 6.04 Å². The van der Waals surface area contributed by atoms with Gasteiger partial charge in [-0.2, -0.15) is 11.8 Å². The van der Waals surface area contributed by atoms with Gasteiger partial charge >= 0.3 is 5.97 Å². The van der Waals surface area contributed by atoms with Gasteiger partial charge in [0.2, 0.25) is 0 Å². The largest absolute Gasteiger partial charge is 0.480 e. The van der Waals surface area contributed by atoms with Crippen LogP contribution in [0.4, 0.5) is 0 Å². The number of carbonyl (C=O) groups is 1. The Hall–Kier alpha value is -1.70. The second-order valence-electron chi connectivity index (χ2n) is 3.71. The number of carboxylic acid groups (broad SMARTS) is 1. The summed E-state index contributed by atoms with van der Waals surface area (Å²) in [7, 11) is 0. The van der Waals surface area contributed by atoms with E-state index in [1.807, 2.05) is 6.26 Å². The van der Waals surface area contributed by atoms with Gasteiger partial charge in [-0.05, 0) is 18.4 Å². The van der Waals surface area contributed by atoms with E-state index in [1.165, 1.54) is 12.7 Å². The number of hydrogen-bond acceptors (Lipinski definition) is 6. The third kappa shape index (κ3) is 2.76. The summed E-state index contributed by atoms with van der Waals surface area (Å²) in [6, 6.07) is -1.16. The van der Waals surface area contributed by atoms with Crippen LogP contribution in [0.5, 0.6) is 0 Å². The number of carboxylic acids is 1. The van der Waals surface area contributed by atoms with E-state index in [9.17, 15) is 4.79 Å². The van der Waals surface area contributed by atoms with Crippen molar-refractivity contribution in [3.8, 4) is 0 Å². The van der Waals surface area contributed by atoms with Crippen LogP contribution in [-0.4, -0.2) is 59.5 Å². The molecule has 0 aromatic rings. The highest BCUT2D eigenvalue weighted by Crippen LogP contribution is 2.11. The molecule has 18 heavy (non-hydrogen) atoms. The van der Waals surface area contributed by atoms with Gasteiger partial charge in [0.25, 0.3) is 0 Å². The zero-order chi connectivity index (χ0) is 13.0. The summed E-state index contributed by atoms with van der Waals surface area (Å²) >= 11 is 1.59. The van der Waals surface area contributed by atoms with Crippen LogP contribution in [0, 0.1) is 0 Å². The molecule has 0 fully saturated rings. The van der Waals surface area contributed by atoms with Crippen molar-refractivity contribution in [2.24, 2.45) is 20.0 Å². The van der Waals surface area contributed by atoms with E-state index in [4.69, 9.17) is 5.11 Å². The summed E-state index contributed by atoms with van der Waals surface area (Å²) in [6.45, 7) is 0. The Morgan fingerprint density at radius 3 is 3.28 bits per heavy atom. The summed E-state index contributed by atoms with van der Waals surface area (Å²) in [5.74, 6) is 0.836. The number of amidine groups is 2. The summed E-state index contributed by atoms with van der Waals surface area (Å²) in [4.78, 5) is 27.5. The standard InChI is InChI=1S/C10H13N5O2S/c1-18-3-2-6(10(16)17)15-9-7-8(12-4-11-7)13-5-14-9/h4-7H,2-3H2,1H3,(H,16,17)(H,11,12,13,14,15). The van der Waals surface area contributed by atoms with Crippen molar-refractivity contribution in [3.05, 3.63) is 0 Å². The molecule has 2 heterocycles. The molecule has 0 spiro atoms. The van der Waals surface area contributed by atoms with E-state index < -0.39 is 12.0 Å². The minimum absolute atomic E-state index is 0.383. The molecule has 2 atom stereocenters. The van der Waals surface area contributed by atoms with Crippen LogP contribution in [0.2, 0.25) is 0 Å². The number of nitrogens with zero attached hydrogens (tertiary/aromatic N) is 4. The second-order valence-corrected chi connectivity index (χ2v) is 4.69. The molecule has 8 heteroatoms. The molecule has 2 aliphatic rings. The minimum Gasteiger partial charge on any atom is -0.480 e. The number of aliphatic carboxylic acids is 1. The Balaban J connectivity index is 2.16. The maximum Gasteiger partial charge on any atom is 0.328 e. The van der Waals surface area contributed by atoms with E-state index in [0.29, 0.717) is 18.1 Å². The monoisotopic (exact) mass is 267 g/mol. The molecule has 0 radical (unpaired) electrons. The van der Waals surface area contributed by atoms with Crippen molar-refractivity contribution in [3.63, 3.8) is 0 Å². The molecule has 2 N–H and O–H groups in total. The molecule has 0 saturated heterocycles. The topological polar surface area (TPSA) is 98.8 Å². The normalized spacial score (nSPS) is 24.6. The predicted molar refractivity (Wildman–Crippen MR) is 73.2 cm³/mol. The lowest BCUT2D eigenvalue weighted by Crippen LogP contribution is -2.41. The van der Waals surface area contributed by atoms with Gasteiger partial charge in [0.05, 0.1) is 6.34 Å². The van der Waals surface area contributed by atoms with Gasteiger partial charge in [0, 0.05) is 0 Å². The summed E-state index contributed by atoms with van der Waals surface area (Å²) in [6.07, 6.45) is 5.29. The van der Waals surface area contributed by atoms with E-state index >= 15 is 0 Å². The molecule has 0 amide bonds. The van der Waals surface area contributed by atoms with Crippen molar-refractivity contribution < 1.29 is 9.90 Å². The lowest BCUT2D eigenvalue weighted by atomic mass is 10.2. The molecule has 96 valence electrons. The average Bonchev–Trinajstić information content (AvgIpc) is 2.83. The molecule has 2 aliphatic heterocycles. The van der Waals surface area contributed by atoms with Crippen LogP contribution in [0.25, 0.3) is 0 Å². The SMILES string of the molecule is CSCCC(N=C1N=CNC2=NC=NC12)C(=O)O. The number of rotatable bonds is 5. The summed E-state index contributed by atoms with van der Waals surface area (Å²) < 4.78 is 0. The first-order valence-electron chi connectivity index (χ1n) is 5.40. The molecule has 2 rings (SSSR count). The molecule has 0 aliphatic carbocycles. The third-order valence-corrected chi connectivity index (χ3v) is 3.14. The van der Waals surface area contributed by atoms with Crippen molar-refractivity contribution in [1.82, 2.24) is 5.32 Å². The smallest absolute Gasteiger partial charge is 0.328 e. The van der Waals surface area contributed by atoms with Crippen molar-refractivity contribution in [2.45, 2.75) is 18.5 Å². The molecular weight excluding hydrogens is 254 g/mol. The third-order valence-electron chi connectivity index (χ3n) is 2.49. The number of aliphatic imine (C=N–C) groups is 4. The van der Waals surface area contributed by atoms with Gasteiger partial charge in [-0.1, -0.05) is 0 Å². The summed E-state index contributed by atoms with van der Waals surface area (Å²) in [5, 5.41) is 12.0. The van der Waals surface area contributed by atoms with Crippen LogP contribution in [0.1, 0.15) is 6.42 Å². The fraction of sp³-hybridized carbons (Fsp3) is 0.500. The van der Waals surface area contributed by atoms with Crippen molar-refractivity contribution in [1.29, 1.82) is 0 Å². The quantitative estimate of drug-likeness (QED) is 0.734.